The molecule has 0 aromatic rings. The topological polar surface area (TPSA) is 387 Å². The fourth-order valence-electron chi connectivity index (χ4n) is 5.99. The smallest absolute Gasteiger partial charge is 0.407 e. The zero-order valence-electron chi connectivity index (χ0n) is 36.6. The summed E-state index contributed by atoms with van der Waals surface area (Å²) in [7, 11) is -3.84. The van der Waals surface area contributed by atoms with Crippen molar-refractivity contribution in [2.45, 2.75) is 120 Å². The second-order valence-corrected chi connectivity index (χ2v) is 17.6. The van der Waals surface area contributed by atoms with Gasteiger partial charge in [-0.15, -0.1) is 0 Å². The van der Waals surface area contributed by atoms with E-state index in [-0.39, 0.29) is 39.1 Å². The van der Waals surface area contributed by atoms with E-state index in [2.05, 4.69) is 31.9 Å². The molecule has 1 unspecified atom stereocenters. The predicted molar refractivity (Wildman–Crippen MR) is 216 cm³/mol. The number of hydrogen-bond acceptors (Lipinski definition) is 21. The summed E-state index contributed by atoms with van der Waals surface area (Å²) in [4.78, 5) is 72.6. The fourth-order valence-corrected chi connectivity index (χ4v) is 7.69. The quantitative estimate of drug-likeness (QED) is 0.0303. The van der Waals surface area contributed by atoms with Crippen molar-refractivity contribution in [2.24, 2.45) is 0 Å². The number of alkyl carbamates (subject to hydrolysis) is 2. The molecule has 11 atom stereocenters. The van der Waals surface area contributed by atoms with Gasteiger partial charge < -0.3 is 95.5 Å². The third-order valence-electron chi connectivity index (χ3n) is 8.72. The molecule has 370 valence electrons. The van der Waals surface area contributed by atoms with Crippen molar-refractivity contribution in [2.75, 3.05) is 72.5 Å². The Kier molecular flexibility index (Phi) is 24.3. The van der Waals surface area contributed by atoms with Crippen LogP contribution in [0.3, 0.4) is 0 Å². The summed E-state index contributed by atoms with van der Waals surface area (Å²) in [6.07, 6.45) is -13.8. The summed E-state index contributed by atoms with van der Waals surface area (Å²) >= 11 is 0. The number of nitrogens with one attached hydrogen (secondary N) is 6. The Labute approximate surface area is 369 Å². The molecule has 27 nitrogen and oxygen atoms in total. The summed E-state index contributed by atoms with van der Waals surface area (Å²) in [5.41, 5.74) is -0.925. The molecule has 12 N–H and O–H groups in total. The Morgan fingerprint density at radius 1 is 0.656 bits per heavy atom. The molecule has 2 aliphatic heterocycles. The lowest BCUT2D eigenvalue weighted by Gasteiger charge is -2.42. The van der Waals surface area contributed by atoms with Crippen LogP contribution in [0, 0.1) is 0 Å². The maximum Gasteiger partial charge on any atom is 0.407 e. The van der Waals surface area contributed by atoms with Crippen LogP contribution in [0.1, 0.15) is 47.5 Å². The van der Waals surface area contributed by atoms with Gasteiger partial charge in [-0.05, 0) is 33.6 Å². The largest absolute Gasteiger partial charge is 0.447 e. The van der Waals surface area contributed by atoms with Crippen molar-refractivity contribution in [3.05, 3.63) is 0 Å². The lowest BCUT2D eigenvalue weighted by molar-refractivity contribution is -0.270. The average Bonchev–Trinajstić information content (AvgIpc) is 3.20. The van der Waals surface area contributed by atoms with Gasteiger partial charge in [0, 0.05) is 33.6 Å². The molecule has 0 radical (unpaired) electrons. The molecule has 0 spiro atoms. The summed E-state index contributed by atoms with van der Waals surface area (Å²) in [6, 6.07) is -2.27. The van der Waals surface area contributed by atoms with Gasteiger partial charge in [-0.1, -0.05) is 0 Å². The number of rotatable bonds is 25. The fraction of sp³-hybridized carbons (Fsp3) is 0.833. The molecule has 2 rings (SSSR count). The van der Waals surface area contributed by atoms with Crippen LogP contribution in [0.4, 0.5) is 9.59 Å². The molecule has 2 heterocycles. The molecule has 0 bridgehead atoms. The molecule has 0 aromatic heterocycles. The number of ether oxygens (including phenoxy) is 6. The Morgan fingerprint density at radius 3 is 1.39 bits per heavy atom. The molecular weight excluding hydrogens is 883 g/mol. The van der Waals surface area contributed by atoms with Crippen LogP contribution < -0.4 is 31.9 Å². The Balaban J connectivity index is 1.76. The van der Waals surface area contributed by atoms with E-state index in [1.165, 1.54) is 13.8 Å². The van der Waals surface area contributed by atoms with Crippen LogP contribution in [0.2, 0.25) is 0 Å². The first kappa shape index (κ1) is 56.3. The molecule has 0 aliphatic carbocycles. The van der Waals surface area contributed by atoms with Gasteiger partial charge >= 0.3 is 19.8 Å². The van der Waals surface area contributed by atoms with Crippen LogP contribution in [-0.2, 0) is 61.2 Å². The van der Waals surface area contributed by atoms with Gasteiger partial charge in [-0.3, -0.25) is 28.3 Å². The maximum atomic E-state index is 13.1. The highest BCUT2D eigenvalue weighted by molar-refractivity contribution is 7.53. The van der Waals surface area contributed by atoms with Crippen molar-refractivity contribution in [3.63, 3.8) is 0 Å². The zero-order chi connectivity index (χ0) is 48.2. The molecule has 6 amide bonds. The van der Waals surface area contributed by atoms with Gasteiger partial charge in [0.25, 0.3) is 0 Å². The van der Waals surface area contributed by atoms with Crippen LogP contribution in [0.5, 0.6) is 0 Å². The van der Waals surface area contributed by atoms with E-state index in [9.17, 15) is 64.0 Å². The first-order chi connectivity index (χ1) is 30.0. The van der Waals surface area contributed by atoms with Crippen LogP contribution >= 0.6 is 7.60 Å². The number of carbonyl (C=O) groups is 6. The highest BCUT2D eigenvalue weighted by Crippen LogP contribution is 2.48. The third-order valence-corrected chi connectivity index (χ3v) is 10.3. The van der Waals surface area contributed by atoms with E-state index >= 15 is 0 Å². The van der Waals surface area contributed by atoms with E-state index in [1.807, 2.05) is 0 Å². The Bertz CT molecular complexity index is 1470. The molecule has 0 aromatic carbocycles. The van der Waals surface area contributed by atoms with Crippen molar-refractivity contribution in [3.8, 4) is 0 Å². The predicted octanol–water partition coefficient (Wildman–Crippen LogP) is -4.60. The van der Waals surface area contributed by atoms with E-state index in [1.54, 1.807) is 20.8 Å². The van der Waals surface area contributed by atoms with Gasteiger partial charge in [0.05, 0.1) is 45.1 Å². The summed E-state index contributed by atoms with van der Waals surface area (Å²) in [6.45, 7) is 4.84. The van der Waals surface area contributed by atoms with E-state index in [0.29, 0.717) is 0 Å². The number of aliphatic hydroxyl groups excluding tert-OH is 6. The second kappa shape index (κ2) is 27.6. The molecular formula is C36H65N6O21P. The van der Waals surface area contributed by atoms with Crippen molar-refractivity contribution < 1.29 is 101 Å². The van der Waals surface area contributed by atoms with Gasteiger partial charge in [0.2, 0.25) is 23.6 Å². The van der Waals surface area contributed by atoms with Gasteiger partial charge in [-0.25, -0.2) is 9.59 Å². The second-order valence-electron chi connectivity index (χ2n) is 15.6. The first-order valence-corrected chi connectivity index (χ1v) is 22.3. The minimum Gasteiger partial charge on any atom is -0.447 e. The molecule has 2 fully saturated rings. The minimum absolute atomic E-state index is 0.0429. The van der Waals surface area contributed by atoms with Crippen molar-refractivity contribution in [1.29, 1.82) is 0 Å². The normalized spacial score (nSPS) is 26.8. The molecule has 2 aliphatic rings. The Morgan fingerprint density at radius 2 is 1.05 bits per heavy atom. The van der Waals surface area contributed by atoms with Gasteiger partial charge in [0.1, 0.15) is 68.0 Å². The van der Waals surface area contributed by atoms with E-state index < -0.39 is 156 Å². The standard InChI is InChI=1S/C36H65N6O21P/c1-19(45)41-26-30(51)28(49)22(15-43)60-32(26)56-11-7-9-37-24(47)13-39-34(53)58-17-21(62-64(6,55)63-36(3,4)5)18-59-35(54)40-14-25(48)38-10-8-12-57-33-27(42-20(2)46)31(52)29(50)23(16-44)61-33/h21-23,26-33,43-44,49-52H,7-18H2,1-6H3,(H,37,47)(H,38,48)(H,39,53)(H,40,54)(H,41,45)(H,42,46)/t22-,23-,26-,27-,28+,29+,30-,31-,32-,33-,64?/m1/s1. The van der Waals surface area contributed by atoms with E-state index in [4.69, 9.17) is 37.5 Å². The lowest BCUT2D eigenvalue weighted by atomic mass is 9.97. The minimum atomic E-state index is -3.84. The summed E-state index contributed by atoms with van der Waals surface area (Å²) < 4.78 is 56.3. The number of carbonyl (C=O) groups excluding carboxylic acids is 6. The average molecular weight is 949 g/mol. The molecule has 64 heavy (non-hydrogen) atoms. The monoisotopic (exact) mass is 948 g/mol. The third kappa shape index (κ3) is 21.0. The van der Waals surface area contributed by atoms with Crippen LogP contribution in [0.25, 0.3) is 0 Å². The van der Waals surface area contributed by atoms with Gasteiger partial charge in [0.15, 0.2) is 12.6 Å². The lowest BCUT2D eigenvalue weighted by Crippen LogP contribution is -2.64. The SMILES string of the molecule is CC(=O)N[C@H]1[C@H](OCCCNC(=O)CNC(=O)OCC(COC(=O)NCC(=O)NCCCO[C@@H]2O[C@H](CO)[C@H](O)[C@H](O)[C@H]2NC(C)=O)OP(C)(=O)OC(C)(C)C)O[C@H](CO)[C@H](O)[C@@H]1O. The van der Waals surface area contributed by atoms with Crippen LogP contribution in [-0.4, -0.2) is 212 Å². The highest BCUT2D eigenvalue weighted by Gasteiger charge is 2.46. The Hall–Kier alpha value is -3.83. The number of amides is 6. The zero-order valence-corrected chi connectivity index (χ0v) is 37.5. The van der Waals surface area contributed by atoms with Crippen molar-refractivity contribution >= 4 is 43.4 Å². The molecule has 28 heteroatoms. The molecule has 2 saturated heterocycles. The van der Waals surface area contributed by atoms with Crippen molar-refractivity contribution in [1.82, 2.24) is 31.9 Å². The maximum absolute atomic E-state index is 13.1. The number of hydrogen-bond donors (Lipinski definition) is 12. The summed E-state index contributed by atoms with van der Waals surface area (Å²) in [5, 5.41) is 74.1. The number of aliphatic hydroxyl groups is 6. The van der Waals surface area contributed by atoms with Crippen LogP contribution in [0.15, 0.2) is 0 Å². The van der Waals surface area contributed by atoms with Gasteiger partial charge in [-0.2, -0.15) is 0 Å². The van der Waals surface area contributed by atoms with E-state index in [0.717, 1.165) is 6.66 Å². The first-order valence-electron chi connectivity index (χ1n) is 20.3. The molecule has 0 saturated carbocycles. The highest BCUT2D eigenvalue weighted by atomic mass is 31.2. The summed E-state index contributed by atoms with van der Waals surface area (Å²) in [5.74, 6) is -2.31.